The number of hydrogen-bond donors (Lipinski definition) is 3. The molecule has 8 nitrogen and oxygen atoms in total. The van der Waals surface area contributed by atoms with Crippen molar-refractivity contribution in [1.82, 2.24) is 10.6 Å². The van der Waals surface area contributed by atoms with Crippen molar-refractivity contribution >= 4 is 11.9 Å². The number of carbonyl (C=O) groups excluding carboxylic acids is 1. The van der Waals surface area contributed by atoms with Gasteiger partial charge < -0.3 is 29.3 Å². The summed E-state index contributed by atoms with van der Waals surface area (Å²) < 4.78 is 15.5. The number of furan rings is 2. The van der Waals surface area contributed by atoms with Crippen molar-refractivity contribution in [1.29, 1.82) is 0 Å². The molecule has 0 radical (unpaired) electrons. The summed E-state index contributed by atoms with van der Waals surface area (Å²) in [7, 11) is 1.32. The monoisotopic (exact) mass is 363 g/mol. The fourth-order valence-electron chi connectivity index (χ4n) is 2.36. The van der Waals surface area contributed by atoms with E-state index >= 15 is 0 Å². The maximum absolute atomic E-state index is 11.6. The molecule has 0 aliphatic heterocycles. The third kappa shape index (κ3) is 4.89. The molecule has 26 heavy (non-hydrogen) atoms. The van der Waals surface area contributed by atoms with Gasteiger partial charge in [-0.2, -0.15) is 0 Å². The van der Waals surface area contributed by atoms with Crippen molar-refractivity contribution in [3.63, 3.8) is 0 Å². The van der Waals surface area contributed by atoms with Crippen LogP contribution in [0.1, 0.15) is 41.5 Å². The van der Waals surface area contributed by atoms with Crippen LogP contribution in [0.3, 0.4) is 0 Å². The van der Waals surface area contributed by atoms with Gasteiger partial charge in [-0.15, -0.1) is 0 Å². The lowest BCUT2D eigenvalue weighted by Crippen LogP contribution is -2.44. The normalized spacial score (nSPS) is 14.0. The van der Waals surface area contributed by atoms with Crippen LogP contribution in [-0.4, -0.2) is 37.2 Å². The van der Waals surface area contributed by atoms with E-state index in [-0.39, 0.29) is 13.1 Å². The molecule has 2 aromatic rings. The fraction of sp³-hybridized carbons (Fsp3) is 0.444. The Morgan fingerprint density at radius 3 is 2.81 bits per heavy atom. The third-order valence-electron chi connectivity index (χ3n) is 3.76. The van der Waals surface area contributed by atoms with Crippen LogP contribution in [0.4, 0.5) is 0 Å². The first-order chi connectivity index (χ1) is 12.4. The van der Waals surface area contributed by atoms with Crippen LogP contribution in [0.2, 0.25) is 0 Å². The van der Waals surface area contributed by atoms with E-state index in [1.54, 1.807) is 32.0 Å². The molecule has 0 spiro atoms. The van der Waals surface area contributed by atoms with Crippen molar-refractivity contribution in [3.8, 4) is 0 Å². The van der Waals surface area contributed by atoms with Crippen LogP contribution < -0.4 is 10.6 Å². The molecule has 2 aromatic heterocycles. The maximum atomic E-state index is 11.6. The Balaban J connectivity index is 2.04. The summed E-state index contributed by atoms with van der Waals surface area (Å²) in [4.78, 5) is 16.0. The number of ether oxygens (including phenoxy) is 1. The molecule has 0 aromatic carbocycles. The number of nitrogens with zero attached hydrogens (tertiary/aromatic N) is 1. The summed E-state index contributed by atoms with van der Waals surface area (Å²) in [5.74, 6) is 1.55. The van der Waals surface area contributed by atoms with Gasteiger partial charge in [0.1, 0.15) is 35.0 Å². The van der Waals surface area contributed by atoms with E-state index in [1.165, 1.54) is 13.4 Å². The molecular formula is C18H25N3O5. The number of methoxy groups -OCH3 is 1. The first-order valence-electron chi connectivity index (χ1n) is 8.33. The Labute approximate surface area is 152 Å². The molecule has 142 valence electrons. The Morgan fingerprint density at radius 1 is 1.42 bits per heavy atom. The molecule has 2 rings (SSSR count). The maximum Gasteiger partial charge on any atom is 0.341 e. The molecule has 2 heterocycles. The highest BCUT2D eigenvalue weighted by molar-refractivity contribution is 5.90. The smallest absolute Gasteiger partial charge is 0.341 e. The van der Waals surface area contributed by atoms with Gasteiger partial charge in [-0.3, -0.25) is 0 Å². The van der Waals surface area contributed by atoms with E-state index < -0.39 is 11.6 Å². The molecule has 1 unspecified atom stereocenters. The predicted octanol–water partition coefficient (Wildman–Crippen LogP) is 1.93. The van der Waals surface area contributed by atoms with E-state index in [4.69, 9.17) is 13.6 Å². The number of rotatable bonds is 7. The lowest BCUT2D eigenvalue weighted by atomic mass is 10.0. The Hall–Kier alpha value is -2.74. The summed E-state index contributed by atoms with van der Waals surface area (Å²) in [5.41, 5.74) is -0.796. The summed E-state index contributed by atoms with van der Waals surface area (Å²) in [6.07, 6.45) is 1.52. The van der Waals surface area contributed by atoms with E-state index in [9.17, 15) is 9.90 Å². The van der Waals surface area contributed by atoms with Gasteiger partial charge in [0.2, 0.25) is 0 Å². The third-order valence-corrected chi connectivity index (χ3v) is 3.76. The summed E-state index contributed by atoms with van der Waals surface area (Å²) in [5, 5.41) is 16.7. The minimum atomic E-state index is -1.18. The lowest BCUT2D eigenvalue weighted by molar-refractivity contribution is 0.0385. The highest BCUT2D eigenvalue weighted by Gasteiger charge is 2.26. The van der Waals surface area contributed by atoms with Crippen molar-refractivity contribution in [2.45, 2.75) is 32.9 Å². The van der Waals surface area contributed by atoms with Crippen LogP contribution in [0.15, 0.2) is 38.3 Å². The minimum Gasteiger partial charge on any atom is -0.466 e. The predicted molar refractivity (Wildman–Crippen MR) is 95.9 cm³/mol. The number of aryl methyl sites for hydroxylation is 1. The average molecular weight is 363 g/mol. The highest BCUT2D eigenvalue weighted by atomic mass is 16.5. The van der Waals surface area contributed by atoms with E-state index in [0.29, 0.717) is 35.3 Å². The molecule has 8 heteroatoms. The zero-order chi connectivity index (χ0) is 19.2. The molecule has 1 atom stereocenters. The van der Waals surface area contributed by atoms with Gasteiger partial charge in [0.15, 0.2) is 5.96 Å². The van der Waals surface area contributed by atoms with Crippen molar-refractivity contribution in [2.75, 3.05) is 20.2 Å². The highest BCUT2D eigenvalue weighted by Crippen LogP contribution is 2.20. The first-order valence-corrected chi connectivity index (χ1v) is 8.33. The number of nitrogens with one attached hydrogen (secondary N) is 2. The van der Waals surface area contributed by atoms with Crippen LogP contribution in [0, 0.1) is 6.92 Å². The van der Waals surface area contributed by atoms with Crippen molar-refractivity contribution in [3.05, 3.63) is 47.3 Å². The lowest BCUT2D eigenvalue weighted by Gasteiger charge is -2.22. The van der Waals surface area contributed by atoms with Crippen molar-refractivity contribution in [2.24, 2.45) is 4.99 Å². The van der Waals surface area contributed by atoms with E-state index in [1.807, 2.05) is 6.92 Å². The molecule has 0 amide bonds. The Morgan fingerprint density at radius 2 is 2.19 bits per heavy atom. The summed E-state index contributed by atoms with van der Waals surface area (Å²) in [6.45, 7) is 6.38. The standard InChI is InChI=1S/C18H25N3O5/c1-5-19-17(21-11-18(3,23)15-7-6-8-25-15)20-10-13-9-14(12(2)26-13)16(22)24-4/h6-9,23H,5,10-11H2,1-4H3,(H2,19,20,21). The number of carbonyl (C=O) groups is 1. The SMILES string of the molecule is CCNC(=NCc1cc(C(=O)OC)c(C)o1)NCC(C)(O)c1ccco1. The molecule has 0 aliphatic carbocycles. The minimum absolute atomic E-state index is 0.205. The van der Waals surface area contributed by atoms with Gasteiger partial charge in [0, 0.05) is 6.54 Å². The fourth-order valence-corrected chi connectivity index (χ4v) is 2.36. The van der Waals surface area contributed by atoms with Crippen LogP contribution >= 0.6 is 0 Å². The number of guanidine groups is 1. The van der Waals surface area contributed by atoms with Crippen LogP contribution in [-0.2, 0) is 16.9 Å². The van der Waals surface area contributed by atoms with Gasteiger partial charge in [-0.25, -0.2) is 9.79 Å². The second-order valence-corrected chi connectivity index (χ2v) is 5.97. The number of esters is 1. The van der Waals surface area contributed by atoms with E-state index in [0.717, 1.165) is 0 Å². The largest absolute Gasteiger partial charge is 0.466 e. The quantitative estimate of drug-likeness (QED) is 0.392. The summed E-state index contributed by atoms with van der Waals surface area (Å²) >= 11 is 0. The zero-order valence-electron chi connectivity index (χ0n) is 15.5. The number of aliphatic imine (C=N–C) groups is 1. The van der Waals surface area contributed by atoms with Crippen molar-refractivity contribution < 1.29 is 23.5 Å². The molecule has 0 bridgehead atoms. The molecular weight excluding hydrogens is 338 g/mol. The first kappa shape index (κ1) is 19.6. The van der Waals surface area contributed by atoms with Gasteiger partial charge in [0.05, 0.1) is 19.9 Å². The number of hydrogen-bond acceptors (Lipinski definition) is 6. The molecule has 0 saturated heterocycles. The van der Waals surface area contributed by atoms with Crippen LogP contribution in [0.5, 0.6) is 0 Å². The number of aliphatic hydroxyl groups is 1. The molecule has 0 saturated carbocycles. The van der Waals surface area contributed by atoms with Crippen LogP contribution in [0.25, 0.3) is 0 Å². The van der Waals surface area contributed by atoms with E-state index in [2.05, 4.69) is 15.6 Å². The molecule has 0 aliphatic rings. The van der Waals surface area contributed by atoms with Gasteiger partial charge in [-0.05, 0) is 39.0 Å². The topological polar surface area (TPSA) is 109 Å². The molecule has 3 N–H and O–H groups in total. The zero-order valence-corrected chi connectivity index (χ0v) is 15.5. The van der Waals surface area contributed by atoms with Gasteiger partial charge in [-0.1, -0.05) is 0 Å². The van der Waals surface area contributed by atoms with Gasteiger partial charge in [0.25, 0.3) is 0 Å². The van der Waals surface area contributed by atoms with Gasteiger partial charge >= 0.3 is 5.97 Å². The second-order valence-electron chi connectivity index (χ2n) is 5.97. The Bertz CT molecular complexity index is 747. The second kappa shape index (κ2) is 8.57. The summed E-state index contributed by atoms with van der Waals surface area (Å²) in [6, 6.07) is 5.06. The Kier molecular flexibility index (Phi) is 6.46. The molecule has 0 fully saturated rings. The average Bonchev–Trinajstić information content (AvgIpc) is 3.27.